The first-order valence-corrected chi connectivity index (χ1v) is 7.32. The Morgan fingerprint density at radius 1 is 1.29 bits per heavy atom. The summed E-state index contributed by atoms with van der Waals surface area (Å²) < 4.78 is 10.7. The molecule has 1 aliphatic rings. The number of aryl methyl sites for hydroxylation is 1. The summed E-state index contributed by atoms with van der Waals surface area (Å²) in [5.74, 6) is 1.13. The van der Waals surface area contributed by atoms with Crippen molar-refractivity contribution < 1.29 is 9.26 Å². The van der Waals surface area contributed by atoms with Gasteiger partial charge in [0, 0.05) is 26.6 Å². The molecular weight excluding hydrogens is 315 g/mol. The first-order chi connectivity index (χ1) is 10.1. The topological polar surface area (TPSA) is 64.3 Å². The highest BCUT2D eigenvalue weighted by Gasteiger charge is 2.25. The van der Waals surface area contributed by atoms with E-state index in [1.807, 2.05) is 12.1 Å². The Kier molecular flexibility index (Phi) is 4.40. The molecule has 1 saturated heterocycles. The van der Waals surface area contributed by atoms with Gasteiger partial charge in [-0.05, 0) is 17.7 Å². The van der Waals surface area contributed by atoms with Crippen LogP contribution in [0.4, 0.5) is 0 Å². The van der Waals surface area contributed by atoms with Gasteiger partial charge in [-0.2, -0.15) is 4.98 Å². The van der Waals surface area contributed by atoms with Crippen molar-refractivity contribution in [2.24, 2.45) is 0 Å². The molecule has 0 aliphatic carbocycles. The van der Waals surface area contributed by atoms with Gasteiger partial charge in [-0.25, -0.2) is 4.98 Å². The molecule has 1 fully saturated rings. The fourth-order valence-electron chi connectivity index (χ4n) is 2.31. The lowest BCUT2D eigenvalue weighted by molar-refractivity contribution is -0.0380. The highest BCUT2D eigenvalue weighted by molar-refractivity contribution is 6.32. The molecule has 0 saturated carbocycles. The lowest BCUT2D eigenvalue weighted by atomic mass is 10.2. The summed E-state index contributed by atoms with van der Waals surface area (Å²) in [6, 6.07) is 3.63. The predicted octanol–water partition coefficient (Wildman–Crippen LogP) is 2.65. The van der Waals surface area contributed by atoms with Crippen molar-refractivity contribution >= 4 is 23.2 Å². The summed E-state index contributed by atoms with van der Waals surface area (Å²) in [6.45, 7) is 4.61. The normalized spacial score (nSPS) is 19.9. The van der Waals surface area contributed by atoms with Gasteiger partial charge in [0.1, 0.15) is 16.4 Å². The third-order valence-electron chi connectivity index (χ3n) is 3.21. The molecule has 0 spiro atoms. The van der Waals surface area contributed by atoms with Crippen molar-refractivity contribution in [2.45, 2.75) is 19.6 Å². The lowest BCUT2D eigenvalue weighted by Gasteiger charge is -2.31. The quantitative estimate of drug-likeness (QED) is 0.807. The minimum Gasteiger partial charge on any atom is -0.367 e. The van der Waals surface area contributed by atoms with E-state index in [9.17, 15) is 0 Å². The molecule has 6 nitrogen and oxygen atoms in total. The maximum atomic E-state index is 5.92. The van der Waals surface area contributed by atoms with Crippen LogP contribution in [-0.4, -0.2) is 39.7 Å². The van der Waals surface area contributed by atoms with Crippen LogP contribution in [0.3, 0.4) is 0 Å². The summed E-state index contributed by atoms with van der Waals surface area (Å²) in [4.78, 5) is 10.4. The zero-order chi connectivity index (χ0) is 14.8. The number of aromatic nitrogens is 3. The van der Waals surface area contributed by atoms with Crippen LogP contribution in [0, 0.1) is 6.92 Å². The molecule has 0 N–H and O–H groups in total. The minimum atomic E-state index is -0.177. The molecule has 0 bridgehead atoms. The Morgan fingerprint density at radius 3 is 2.71 bits per heavy atom. The van der Waals surface area contributed by atoms with E-state index in [0.29, 0.717) is 35.2 Å². The van der Waals surface area contributed by atoms with Crippen molar-refractivity contribution in [3.8, 4) is 0 Å². The first kappa shape index (κ1) is 14.7. The van der Waals surface area contributed by atoms with Gasteiger partial charge in [-0.15, -0.1) is 0 Å². The molecule has 1 unspecified atom stereocenters. The van der Waals surface area contributed by atoms with Crippen LogP contribution in [0.2, 0.25) is 10.3 Å². The Hall–Kier alpha value is -1.21. The predicted molar refractivity (Wildman–Crippen MR) is 77.3 cm³/mol. The number of rotatable bonds is 3. The molecule has 112 valence electrons. The number of halogens is 2. The standard InChI is InChI=1S/C13H14Cl2N4O2/c1-8-16-13(18-21-8)10-7-19(2-3-20-10)6-9-4-11(14)17-12(15)5-9/h4-5,10H,2-3,6-7H2,1H3. The molecule has 0 aromatic carbocycles. The maximum absolute atomic E-state index is 5.92. The third kappa shape index (κ3) is 3.71. The van der Waals surface area contributed by atoms with E-state index < -0.39 is 0 Å². The molecule has 21 heavy (non-hydrogen) atoms. The number of morpholine rings is 1. The smallest absolute Gasteiger partial charge is 0.223 e. The molecule has 3 heterocycles. The van der Waals surface area contributed by atoms with Crippen LogP contribution < -0.4 is 0 Å². The second-order valence-electron chi connectivity index (χ2n) is 4.89. The van der Waals surface area contributed by atoms with Crippen LogP contribution in [0.25, 0.3) is 0 Å². The Morgan fingerprint density at radius 2 is 2.05 bits per heavy atom. The van der Waals surface area contributed by atoms with Crippen LogP contribution in [0.5, 0.6) is 0 Å². The monoisotopic (exact) mass is 328 g/mol. The van der Waals surface area contributed by atoms with Crippen LogP contribution in [-0.2, 0) is 11.3 Å². The number of hydrogen-bond donors (Lipinski definition) is 0. The largest absolute Gasteiger partial charge is 0.367 e. The van der Waals surface area contributed by atoms with Gasteiger partial charge in [0.2, 0.25) is 11.7 Å². The fourth-order valence-corrected chi connectivity index (χ4v) is 2.82. The third-order valence-corrected chi connectivity index (χ3v) is 3.60. The maximum Gasteiger partial charge on any atom is 0.223 e. The van der Waals surface area contributed by atoms with Gasteiger partial charge < -0.3 is 9.26 Å². The highest BCUT2D eigenvalue weighted by Crippen LogP contribution is 2.22. The van der Waals surface area contributed by atoms with Gasteiger partial charge in [-0.3, -0.25) is 4.90 Å². The number of ether oxygens (including phenoxy) is 1. The Bertz CT molecular complexity index is 614. The molecule has 8 heteroatoms. The molecule has 0 amide bonds. The molecule has 1 aliphatic heterocycles. The summed E-state index contributed by atoms with van der Waals surface area (Å²) >= 11 is 11.8. The van der Waals surface area contributed by atoms with Crippen molar-refractivity contribution in [2.75, 3.05) is 19.7 Å². The number of nitrogens with zero attached hydrogens (tertiary/aromatic N) is 4. The van der Waals surface area contributed by atoms with Gasteiger partial charge in [0.25, 0.3) is 0 Å². The number of pyridine rings is 1. The summed E-state index contributed by atoms with van der Waals surface area (Å²) in [6.07, 6.45) is -0.177. The van der Waals surface area contributed by atoms with E-state index in [-0.39, 0.29) is 6.10 Å². The average molecular weight is 329 g/mol. The van der Waals surface area contributed by atoms with Gasteiger partial charge in [0.05, 0.1) is 6.61 Å². The van der Waals surface area contributed by atoms with Crippen molar-refractivity contribution in [3.05, 3.63) is 39.7 Å². The average Bonchev–Trinajstić information content (AvgIpc) is 2.84. The Balaban J connectivity index is 1.68. The zero-order valence-corrected chi connectivity index (χ0v) is 12.9. The van der Waals surface area contributed by atoms with E-state index in [0.717, 1.165) is 18.7 Å². The van der Waals surface area contributed by atoms with E-state index in [2.05, 4.69) is 20.0 Å². The van der Waals surface area contributed by atoms with E-state index in [1.54, 1.807) is 6.92 Å². The summed E-state index contributed by atoms with van der Waals surface area (Å²) in [5.41, 5.74) is 1.02. The van der Waals surface area contributed by atoms with Crippen LogP contribution in [0.15, 0.2) is 16.7 Å². The molecule has 0 radical (unpaired) electrons. The van der Waals surface area contributed by atoms with Crippen molar-refractivity contribution in [1.82, 2.24) is 20.0 Å². The number of hydrogen-bond acceptors (Lipinski definition) is 6. The summed E-state index contributed by atoms with van der Waals surface area (Å²) in [7, 11) is 0. The lowest BCUT2D eigenvalue weighted by Crippen LogP contribution is -2.38. The van der Waals surface area contributed by atoms with Crippen LogP contribution in [0.1, 0.15) is 23.4 Å². The molecule has 1 atom stereocenters. The molecule has 3 rings (SSSR count). The Labute approximate surface area is 132 Å². The van der Waals surface area contributed by atoms with Crippen LogP contribution >= 0.6 is 23.2 Å². The van der Waals surface area contributed by atoms with E-state index in [1.165, 1.54) is 0 Å². The van der Waals surface area contributed by atoms with Crippen molar-refractivity contribution in [1.29, 1.82) is 0 Å². The molecular formula is C13H14Cl2N4O2. The van der Waals surface area contributed by atoms with E-state index >= 15 is 0 Å². The van der Waals surface area contributed by atoms with Crippen molar-refractivity contribution in [3.63, 3.8) is 0 Å². The van der Waals surface area contributed by atoms with E-state index in [4.69, 9.17) is 32.5 Å². The summed E-state index contributed by atoms with van der Waals surface area (Å²) in [5, 5.41) is 4.72. The second-order valence-corrected chi connectivity index (χ2v) is 5.66. The second kappa shape index (κ2) is 6.27. The molecule has 2 aromatic rings. The SMILES string of the molecule is Cc1nc(C2CN(Cc3cc(Cl)nc(Cl)c3)CCO2)no1. The highest BCUT2D eigenvalue weighted by atomic mass is 35.5. The van der Waals surface area contributed by atoms with Gasteiger partial charge in [0.15, 0.2) is 0 Å². The zero-order valence-electron chi connectivity index (χ0n) is 11.4. The van der Waals surface area contributed by atoms with Gasteiger partial charge in [-0.1, -0.05) is 28.4 Å². The minimum absolute atomic E-state index is 0.177. The molecule has 2 aromatic heterocycles. The van der Waals surface area contributed by atoms with Gasteiger partial charge >= 0.3 is 0 Å². The first-order valence-electron chi connectivity index (χ1n) is 6.56. The fraction of sp³-hybridized carbons (Fsp3) is 0.462.